The number of aromatic nitrogens is 2. The summed E-state index contributed by atoms with van der Waals surface area (Å²) in [5.74, 6) is 1.81. The summed E-state index contributed by atoms with van der Waals surface area (Å²) in [6, 6.07) is 0. The predicted molar refractivity (Wildman–Crippen MR) is 45.5 cm³/mol. The molecular weight excluding hydrogens is 144 g/mol. The number of H-pyrrole nitrogens is 1. The first-order valence-electron chi connectivity index (χ1n) is 3.27. The third-order valence-corrected chi connectivity index (χ3v) is 2.33. The summed E-state index contributed by atoms with van der Waals surface area (Å²) in [7, 11) is 0. The lowest BCUT2D eigenvalue weighted by atomic mass is 9.96. The number of hydrogen-bond acceptors (Lipinski definition) is 2. The lowest BCUT2D eigenvalue weighted by Crippen LogP contribution is -2.20. The zero-order valence-corrected chi connectivity index (χ0v) is 7.15. The van der Waals surface area contributed by atoms with Crippen LogP contribution in [0.25, 0.3) is 0 Å². The molecule has 1 heterocycles. The fourth-order valence-corrected chi connectivity index (χ4v) is 0.860. The van der Waals surface area contributed by atoms with Crippen LogP contribution in [0.15, 0.2) is 12.4 Å². The highest BCUT2D eigenvalue weighted by molar-refractivity contribution is 7.80. The minimum absolute atomic E-state index is 0.0621. The molecule has 1 rings (SSSR count). The second-order valence-corrected chi connectivity index (χ2v) is 3.30. The monoisotopic (exact) mass is 156 g/mol. The van der Waals surface area contributed by atoms with E-state index in [0.717, 1.165) is 11.6 Å². The summed E-state index contributed by atoms with van der Waals surface area (Å²) in [6.07, 6.45) is 3.60. The van der Waals surface area contributed by atoms with Crippen LogP contribution in [0.2, 0.25) is 0 Å². The third kappa shape index (κ3) is 1.34. The Labute approximate surface area is 66.5 Å². The average Bonchev–Trinajstić information content (AvgIpc) is 2.38. The molecule has 0 amide bonds. The van der Waals surface area contributed by atoms with Gasteiger partial charge >= 0.3 is 0 Å². The van der Waals surface area contributed by atoms with Crippen molar-refractivity contribution in [1.29, 1.82) is 0 Å². The Balaban J connectivity index is 2.85. The molecule has 0 spiro atoms. The molecule has 0 aliphatic rings. The second kappa shape index (κ2) is 2.66. The highest BCUT2D eigenvalue weighted by Crippen LogP contribution is 2.19. The number of nitrogens with one attached hydrogen (secondary N) is 1. The molecule has 0 atom stereocenters. The van der Waals surface area contributed by atoms with E-state index >= 15 is 0 Å². The average molecular weight is 156 g/mol. The van der Waals surface area contributed by atoms with Gasteiger partial charge in [-0.2, -0.15) is 12.6 Å². The molecule has 0 radical (unpaired) electrons. The van der Waals surface area contributed by atoms with Crippen LogP contribution >= 0.6 is 12.6 Å². The van der Waals surface area contributed by atoms with Gasteiger partial charge in [0.25, 0.3) is 0 Å². The van der Waals surface area contributed by atoms with E-state index in [1.807, 2.05) is 6.20 Å². The SMILES string of the molecule is CC(C)(CS)c1ncc[nH]1. The third-order valence-electron chi connectivity index (χ3n) is 1.53. The summed E-state index contributed by atoms with van der Waals surface area (Å²) in [4.78, 5) is 7.22. The normalized spacial score (nSPS) is 11.9. The van der Waals surface area contributed by atoms with Gasteiger partial charge in [-0.3, -0.25) is 0 Å². The number of hydrogen-bond donors (Lipinski definition) is 2. The van der Waals surface area contributed by atoms with Crippen molar-refractivity contribution >= 4 is 12.6 Å². The van der Waals surface area contributed by atoms with Gasteiger partial charge in [0.1, 0.15) is 5.82 Å². The van der Waals surface area contributed by atoms with Gasteiger partial charge in [-0.1, -0.05) is 13.8 Å². The number of imidazole rings is 1. The summed E-state index contributed by atoms with van der Waals surface area (Å²) >= 11 is 4.23. The first-order chi connectivity index (χ1) is 4.67. The maximum Gasteiger partial charge on any atom is 0.112 e. The van der Waals surface area contributed by atoms with Crippen LogP contribution in [0, 0.1) is 0 Å². The summed E-state index contributed by atoms with van der Waals surface area (Å²) in [6.45, 7) is 4.22. The number of thiol groups is 1. The standard InChI is InChI=1S/C7H12N2S/c1-7(2,5-10)6-8-3-4-9-6/h3-4,10H,5H2,1-2H3,(H,8,9). The Bertz CT molecular complexity index is 191. The number of rotatable bonds is 2. The van der Waals surface area contributed by atoms with E-state index in [9.17, 15) is 0 Å². The minimum Gasteiger partial charge on any atom is -0.348 e. The molecule has 3 heteroatoms. The quantitative estimate of drug-likeness (QED) is 0.626. The van der Waals surface area contributed by atoms with Crippen molar-refractivity contribution < 1.29 is 0 Å². The van der Waals surface area contributed by atoms with Crippen LogP contribution in [-0.4, -0.2) is 15.7 Å². The molecule has 0 bridgehead atoms. The van der Waals surface area contributed by atoms with Crippen molar-refractivity contribution in [2.75, 3.05) is 5.75 Å². The lowest BCUT2D eigenvalue weighted by molar-refractivity contribution is 0.565. The smallest absolute Gasteiger partial charge is 0.112 e. The topological polar surface area (TPSA) is 28.7 Å². The van der Waals surface area contributed by atoms with E-state index < -0.39 is 0 Å². The van der Waals surface area contributed by atoms with Gasteiger partial charge in [0.15, 0.2) is 0 Å². The molecule has 1 aromatic rings. The first kappa shape index (κ1) is 7.66. The van der Waals surface area contributed by atoms with Gasteiger partial charge in [0, 0.05) is 23.6 Å². The van der Waals surface area contributed by atoms with E-state index in [2.05, 4.69) is 36.4 Å². The zero-order chi connectivity index (χ0) is 7.61. The van der Waals surface area contributed by atoms with E-state index in [0.29, 0.717) is 0 Å². The maximum absolute atomic E-state index is 4.23. The Kier molecular flexibility index (Phi) is 2.04. The Morgan fingerprint density at radius 3 is 2.80 bits per heavy atom. The Morgan fingerprint density at radius 1 is 1.70 bits per heavy atom. The fourth-order valence-electron chi connectivity index (χ4n) is 0.710. The largest absolute Gasteiger partial charge is 0.348 e. The van der Waals surface area contributed by atoms with Crippen LogP contribution in [0.3, 0.4) is 0 Å². The van der Waals surface area contributed by atoms with Gasteiger partial charge < -0.3 is 4.98 Å². The van der Waals surface area contributed by atoms with Crippen molar-refractivity contribution in [3.05, 3.63) is 18.2 Å². The second-order valence-electron chi connectivity index (χ2n) is 2.98. The fraction of sp³-hybridized carbons (Fsp3) is 0.571. The van der Waals surface area contributed by atoms with E-state index in [-0.39, 0.29) is 5.41 Å². The minimum atomic E-state index is 0.0621. The van der Waals surface area contributed by atoms with Gasteiger partial charge in [-0.25, -0.2) is 4.98 Å². The van der Waals surface area contributed by atoms with Gasteiger partial charge in [0.05, 0.1) is 0 Å². The molecule has 1 N–H and O–H groups in total. The number of nitrogens with zero attached hydrogens (tertiary/aromatic N) is 1. The van der Waals surface area contributed by atoms with Crippen LogP contribution in [0.5, 0.6) is 0 Å². The number of aromatic amines is 1. The van der Waals surface area contributed by atoms with Crippen molar-refractivity contribution in [2.24, 2.45) is 0 Å². The van der Waals surface area contributed by atoms with E-state index in [4.69, 9.17) is 0 Å². The van der Waals surface area contributed by atoms with E-state index in [1.54, 1.807) is 6.20 Å². The first-order valence-corrected chi connectivity index (χ1v) is 3.91. The lowest BCUT2D eigenvalue weighted by Gasteiger charge is -2.18. The Hall–Kier alpha value is -0.440. The summed E-state index contributed by atoms with van der Waals surface area (Å²) < 4.78 is 0. The molecule has 56 valence electrons. The van der Waals surface area contributed by atoms with Crippen LogP contribution < -0.4 is 0 Å². The van der Waals surface area contributed by atoms with Crippen molar-refractivity contribution in [1.82, 2.24) is 9.97 Å². The molecule has 1 aromatic heterocycles. The van der Waals surface area contributed by atoms with Crippen LogP contribution in [-0.2, 0) is 5.41 Å². The predicted octanol–water partition coefficient (Wildman–Crippen LogP) is 1.62. The molecule has 2 nitrogen and oxygen atoms in total. The van der Waals surface area contributed by atoms with Crippen molar-refractivity contribution in [2.45, 2.75) is 19.3 Å². The van der Waals surface area contributed by atoms with Crippen LogP contribution in [0.1, 0.15) is 19.7 Å². The Morgan fingerprint density at radius 2 is 2.40 bits per heavy atom. The molecule has 0 saturated carbocycles. The maximum atomic E-state index is 4.23. The van der Waals surface area contributed by atoms with Gasteiger partial charge in [0.2, 0.25) is 0 Å². The molecule has 0 aromatic carbocycles. The summed E-state index contributed by atoms with van der Waals surface area (Å²) in [5, 5.41) is 0. The van der Waals surface area contributed by atoms with Crippen molar-refractivity contribution in [3.63, 3.8) is 0 Å². The molecule has 0 aliphatic carbocycles. The highest BCUT2D eigenvalue weighted by Gasteiger charge is 2.20. The molecule has 10 heavy (non-hydrogen) atoms. The molecule has 0 aliphatic heterocycles. The molecule has 0 unspecified atom stereocenters. The molecule has 0 saturated heterocycles. The van der Waals surface area contributed by atoms with E-state index in [1.165, 1.54) is 0 Å². The zero-order valence-electron chi connectivity index (χ0n) is 6.26. The molecular formula is C7H12N2S. The highest BCUT2D eigenvalue weighted by atomic mass is 32.1. The van der Waals surface area contributed by atoms with Crippen molar-refractivity contribution in [3.8, 4) is 0 Å². The van der Waals surface area contributed by atoms with Crippen LogP contribution in [0.4, 0.5) is 0 Å². The van der Waals surface area contributed by atoms with Gasteiger partial charge in [-0.15, -0.1) is 0 Å². The van der Waals surface area contributed by atoms with Gasteiger partial charge in [-0.05, 0) is 0 Å². The molecule has 0 fully saturated rings. The summed E-state index contributed by atoms with van der Waals surface area (Å²) in [5.41, 5.74) is 0.0621.